The van der Waals surface area contributed by atoms with Gasteiger partial charge in [0.25, 0.3) is 5.91 Å². The molecule has 28 heavy (non-hydrogen) atoms. The average molecular weight is 383 g/mol. The summed E-state index contributed by atoms with van der Waals surface area (Å²) in [4.78, 5) is 39.8. The highest BCUT2D eigenvalue weighted by atomic mass is 16.2. The predicted molar refractivity (Wildman–Crippen MR) is 107 cm³/mol. The molecule has 1 heterocycles. The van der Waals surface area contributed by atoms with Crippen LogP contribution < -0.4 is 10.6 Å². The van der Waals surface area contributed by atoms with Crippen molar-refractivity contribution < 1.29 is 14.4 Å². The van der Waals surface area contributed by atoms with E-state index in [2.05, 4.69) is 10.6 Å². The van der Waals surface area contributed by atoms with E-state index < -0.39 is 0 Å². The van der Waals surface area contributed by atoms with Crippen LogP contribution in [0.1, 0.15) is 68.1 Å². The fraction of sp³-hybridized carbons (Fsp3) is 0.591. The molecule has 0 aromatic heterocycles. The van der Waals surface area contributed by atoms with E-state index in [0.717, 1.165) is 51.4 Å². The SMILES string of the molecule is O=C(NC1CCCC1)c1ccccc1NC(=O)C1CC(=O)N(C2CCCC2)C1. The molecule has 150 valence electrons. The number of amides is 3. The zero-order chi connectivity index (χ0) is 19.5. The second kappa shape index (κ2) is 8.33. The Morgan fingerprint density at radius 2 is 1.64 bits per heavy atom. The Labute approximate surface area is 166 Å². The Balaban J connectivity index is 1.40. The highest BCUT2D eigenvalue weighted by Gasteiger charge is 2.38. The predicted octanol–water partition coefficient (Wildman–Crippen LogP) is 3.09. The number of anilines is 1. The number of likely N-dealkylation sites (tertiary alicyclic amines) is 1. The largest absolute Gasteiger partial charge is 0.349 e. The molecule has 2 aliphatic carbocycles. The smallest absolute Gasteiger partial charge is 0.253 e. The van der Waals surface area contributed by atoms with E-state index in [4.69, 9.17) is 0 Å². The highest BCUT2D eigenvalue weighted by Crippen LogP contribution is 2.30. The molecule has 1 saturated heterocycles. The quantitative estimate of drug-likeness (QED) is 0.820. The van der Waals surface area contributed by atoms with Gasteiger partial charge in [-0.1, -0.05) is 37.8 Å². The first-order valence-electron chi connectivity index (χ1n) is 10.6. The first kappa shape index (κ1) is 19.0. The Morgan fingerprint density at radius 3 is 2.39 bits per heavy atom. The molecule has 6 nitrogen and oxygen atoms in total. The fourth-order valence-corrected chi connectivity index (χ4v) is 4.83. The summed E-state index contributed by atoms with van der Waals surface area (Å²) < 4.78 is 0. The van der Waals surface area contributed by atoms with Gasteiger partial charge in [-0.05, 0) is 37.8 Å². The van der Waals surface area contributed by atoms with Crippen LogP contribution in [0.15, 0.2) is 24.3 Å². The number of hydrogen-bond acceptors (Lipinski definition) is 3. The molecule has 4 rings (SSSR count). The van der Waals surface area contributed by atoms with Crippen molar-refractivity contribution in [2.75, 3.05) is 11.9 Å². The Hall–Kier alpha value is -2.37. The normalized spacial score (nSPS) is 23.4. The minimum Gasteiger partial charge on any atom is -0.349 e. The first-order chi connectivity index (χ1) is 13.6. The van der Waals surface area contributed by atoms with Crippen LogP contribution in [0.25, 0.3) is 0 Å². The van der Waals surface area contributed by atoms with Crippen LogP contribution in [0.4, 0.5) is 5.69 Å². The molecule has 1 aromatic rings. The van der Waals surface area contributed by atoms with E-state index in [0.29, 0.717) is 23.8 Å². The number of para-hydroxylation sites is 1. The monoisotopic (exact) mass is 383 g/mol. The van der Waals surface area contributed by atoms with Crippen molar-refractivity contribution in [2.24, 2.45) is 5.92 Å². The number of carbonyl (C=O) groups is 3. The topological polar surface area (TPSA) is 78.5 Å². The summed E-state index contributed by atoms with van der Waals surface area (Å²) in [5.74, 6) is -0.578. The van der Waals surface area contributed by atoms with Gasteiger partial charge < -0.3 is 15.5 Å². The Kier molecular flexibility index (Phi) is 5.64. The molecule has 3 amide bonds. The molecule has 1 atom stereocenters. The van der Waals surface area contributed by atoms with Gasteiger partial charge in [0.2, 0.25) is 11.8 Å². The molecule has 0 spiro atoms. The van der Waals surface area contributed by atoms with Gasteiger partial charge >= 0.3 is 0 Å². The van der Waals surface area contributed by atoms with Gasteiger partial charge in [-0.15, -0.1) is 0 Å². The zero-order valence-corrected chi connectivity index (χ0v) is 16.3. The number of rotatable bonds is 5. The molecular formula is C22H29N3O3. The van der Waals surface area contributed by atoms with E-state index in [1.54, 1.807) is 18.2 Å². The summed E-state index contributed by atoms with van der Waals surface area (Å²) in [6.07, 6.45) is 9.01. The number of benzene rings is 1. The van der Waals surface area contributed by atoms with Gasteiger partial charge in [-0.3, -0.25) is 14.4 Å². The molecule has 1 unspecified atom stereocenters. The number of nitrogens with one attached hydrogen (secondary N) is 2. The van der Waals surface area contributed by atoms with Crippen LogP contribution in [0, 0.1) is 5.92 Å². The van der Waals surface area contributed by atoms with Gasteiger partial charge in [0.05, 0.1) is 17.2 Å². The van der Waals surface area contributed by atoms with Crippen molar-refractivity contribution in [3.8, 4) is 0 Å². The van der Waals surface area contributed by atoms with Crippen LogP contribution in [0.2, 0.25) is 0 Å². The summed E-state index contributed by atoms with van der Waals surface area (Å²) in [5, 5.41) is 5.99. The first-order valence-corrected chi connectivity index (χ1v) is 10.6. The van der Waals surface area contributed by atoms with Crippen molar-refractivity contribution in [1.82, 2.24) is 10.2 Å². The highest BCUT2D eigenvalue weighted by molar-refractivity contribution is 6.05. The molecule has 3 aliphatic rings. The molecule has 1 aromatic carbocycles. The van der Waals surface area contributed by atoms with Gasteiger partial charge in [-0.2, -0.15) is 0 Å². The van der Waals surface area contributed by atoms with Crippen LogP contribution in [-0.2, 0) is 9.59 Å². The van der Waals surface area contributed by atoms with E-state index in [1.165, 1.54) is 0 Å². The van der Waals surface area contributed by atoms with Crippen LogP contribution in [-0.4, -0.2) is 41.2 Å². The maximum absolute atomic E-state index is 12.8. The Morgan fingerprint density at radius 1 is 0.964 bits per heavy atom. The standard InChI is InChI=1S/C22H29N3O3/c26-20-13-15(14-25(20)17-9-3-4-10-17)21(27)24-19-12-6-5-11-18(19)22(28)23-16-7-1-2-8-16/h5-6,11-12,15-17H,1-4,7-10,13-14H2,(H,23,28)(H,24,27). The van der Waals surface area contributed by atoms with Crippen molar-refractivity contribution >= 4 is 23.4 Å². The van der Waals surface area contributed by atoms with Crippen LogP contribution in [0.3, 0.4) is 0 Å². The number of hydrogen-bond donors (Lipinski definition) is 2. The summed E-state index contributed by atoms with van der Waals surface area (Å²) in [6, 6.07) is 7.64. The minimum absolute atomic E-state index is 0.0827. The van der Waals surface area contributed by atoms with Gasteiger partial charge in [0, 0.05) is 25.0 Å². The summed E-state index contributed by atoms with van der Waals surface area (Å²) in [6.45, 7) is 0.492. The Bertz CT molecular complexity index is 751. The number of carbonyl (C=O) groups excluding carboxylic acids is 3. The lowest BCUT2D eigenvalue weighted by Crippen LogP contribution is -2.36. The molecule has 3 fully saturated rings. The van der Waals surface area contributed by atoms with Crippen LogP contribution >= 0.6 is 0 Å². The van der Waals surface area contributed by atoms with Crippen LogP contribution in [0.5, 0.6) is 0 Å². The maximum atomic E-state index is 12.8. The van der Waals surface area contributed by atoms with Crippen molar-refractivity contribution in [3.05, 3.63) is 29.8 Å². The lowest BCUT2D eigenvalue weighted by atomic mass is 10.1. The van der Waals surface area contributed by atoms with E-state index in [1.807, 2.05) is 11.0 Å². The van der Waals surface area contributed by atoms with Crippen molar-refractivity contribution in [3.63, 3.8) is 0 Å². The van der Waals surface area contributed by atoms with Crippen molar-refractivity contribution in [1.29, 1.82) is 0 Å². The zero-order valence-electron chi connectivity index (χ0n) is 16.3. The van der Waals surface area contributed by atoms with E-state index >= 15 is 0 Å². The third-order valence-electron chi connectivity index (χ3n) is 6.41. The molecule has 2 saturated carbocycles. The second-order valence-electron chi connectivity index (χ2n) is 8.38. The molecule has 0 radical (unpaired) electrons. The van der Waals surface area contributed by atoms with Gasteiger partial charge in [-0.25, -0.2) is 0 Å². The molecular weight excluding hydrogens is 354 g/mol. The van der Waals surface area contributed by atoms with Gasteiger partial charge in [0.15, 0.2) is 0 Å². The van der Waals surface area contributed by atoms with E-state index in [-0.39, 0.29) is 36.1 Å². The lowest BCUT2D eigenvalue weighted by molar-refractivity contribution is -0.129. The maximum Gasteiger partial charge on any atom is 0.253 e. The molecule has 2 N–H and O–H groups in total. The summed E-state index contributed by atoms with van der Waals surface area (Å²) >= 11 is 0. The lowest BCUT2D eigenvalue weighted by Gasteiger charge is -2.24. The fourth-order valence-electron chi connectivity index (χ4n) is 4.83. The number of nitrogens with zero attached hydrogens (tertiary/aromatic N) is 1. The van der Waals surface area contributed by atoms with Crippen molar-refractivity contribution in [2.45, 2.75) is 69.9 Å². The molecule has 1 aliphatic heterocycles. The summed E-state index contributed by atoms with van der Waals surface area (Å²) in [5.41, 5.74) is 1.01. The average Bonchev–Trinajstić information content (AvgIpc) is 3.43. The van der Waals surface area contributed by atoms with E-state index in [9.17, 15) is 14.4 Å². The third-order valence-corrected chi connectivity index (χ3v) is 6.41. The van der Waals surface area contributed by atoms with Gasteiger partial charge in [0.1, 0.15) is 0 Å². The molecule has 0 bridgehead atoms. The molecule has 6 heteroatoms. The minimum atomic E-state index is -0.348. The summed E-state index contributed by atoms with van der Waals surface area (Å²) in [7, 11) is 0. The second-order valence-corrected chi connectivity index (χ2v) is 8.38. The third kappa shape index (κ3) is 4.05.